The van der Waals surface area contributed by atoms with Crippen molar-refractivity contribution < 1.29 is 17.6 Å². The van der Waals surface area contributed by atoms with Gasteiger partial charge in [0, 0.05) is 17.3 Å². The van der Waals surface area contributed by atoms with Crippen LogP contribution in [-0.2, 0) is 10.0 Å². The molecule has 0 radical (unpaired) electrons. The normalized spacial score (nSPS) is 12.6. The van der Waals surface area contributed by atoms with E-state index in [-0.39, 0.29) is 16.5 Å². The molecule has 0 aliphatic rings. The molecule has 1 amide bonds. The first-order chi connectivity index (χ1) is 11.3. The number of rotatable bonds is 6. The smallest absolute Gasteiger partial charge is 0.255 e. The zero-order valence-electron chi connectivity index (χ0n) is 13.4. The van der Waals surface area contributed by atoms with Crippen molar-refractivity contribution in [1.29, 1.82) is 0 Å². The van der Waals surface area contributed by atoms with Crippen LogP contribution in [-0.4, -0.2) is 20.4 Å². The van der Waals surface area contributed by atoms with Crippen LogP contribution in [0.1, 0.15) is 30.6 Å². The lowest BCUT2D eigenvalue weighted by Crippen LogP contribution is -2.31. The summed E-state index contributed by atoms with van der Waals surface area (Å²) >= 11 is 0. The largest absolute Gasteiger partial charge is 0.322 e. The minimum atomic E-state index is -3.59. The summed E-state index contributed by atoms with van der Waals surface area (Å²) in [6.45, 7) is 3.67. The van der Waals surface area contributed by atoms with Gasteiger partial charge in [0.1, 0.15) is 5.82 Å². The topological polar surface area (TPSA) is 75.3 Å². The fourth-order valence-corrected chi connectivity index (χ4v) is 3.29. The molecule has 0 bridgehead atoms. The van der Waals surface area contributed by atoms with Gasteiger partial charge in [0.2, 0.25) is 10.0 Å². The summed E-state index contributed by atoms with van der Waals surface area (Å²) in [7, 11) is -3.59. The van der Waals surface area contributed by atoms with Crippen LogP contribution in [0.25, 0.3) is 0 Å². The third kappa shape index (κ3) is 4.62. The van der Waals surface area contributed by atoms with E-state index in [9.17, 15) is 17.6 Å². The molecule has 2 rings (SSSR count). The van der Waals surface area contributed by atoms with E-state index >= 15 is 0 Å². The van der Waals surface area contributed by atoms with Crippen LogP contribution in [0.3, 0.4) is 0 Å². The van der Waals surface area contributed by atoms with Gasteiger partial charge >= 0.3 is 0 Å². The molecule has 2 aromatic rings. The lowest BCUT2D eigenvalue weighted by Gasteiger charge is -2.12. The summed E-state index contributed by atoms with van der Waals surface area (Å²) in [6.07, 6.45) is 0.682. The van der Waals surface area contributed by atoms with Gasteiger partial charge in [-0.3, -0.25) is 4.79 Å². The number of halogens is 1. The van der Waals surface area contributed by atoms with E-state index in [2.05, 4.69) is 10.0 Å². The van der Waals surface area contributed by atoms with E-state index in [1.165, 1.54) is 42.5 Å². The van der Waals surface area contributed by atoms with Crippen LogP contribution in [0.5, 0.6) is 0 Å². The van der Waals surface area contributed by atoms with E-state index in [1.54, 1.807) is 6.92 Å². The number of amides is 1. The van der Waals surface area contributed by atoms with Gasteiger partial charge in [0.05, 0.1) is 4.90 Å². The third-order valence-corrected chi connectivity index (χ3v) is 5.08. The van der Waals surface area contributed by atoms with Crippen molar-refractivity contribution in [2.45, 2.75) is 31.2 Å². The summed E-state index contributed by atoms with van der Waals surface area (Å²) in [5.74, 6) is -0.969. The summed E-state index contributed by atoms with van der Waals surface area (Å²) < 4.78 is 40.0. The first-order valence-electron chi connectivity index (χ1n) is 7.51. The van der Waals surface area contributed by atoms with Crippen molar-refractivity contribution >= 4 is 21.6 Å². The maximum absolute atomic E-state index is 13.1. The minimum absolute atomic E-state index is 0.117. The molecule has 2 N–H and O–H groups in total. The molecule has 0 aliphatic heterocycles. The number of anilines is 1. The lowest BCUT2D eigenvalue weighted by molar-refractivity contribution is 0.102. The number of nitrogens with one attached hydrogen (secondary N) is 2. The highest BCUT2D eigenvalue weighted by molar-refractivity contribution is 7.89. The van der Waals surface area contributed by atoms with Crippen LogP contribution in [0.4, 0.5) is 10.1 Å². The van der Waals surface area contributed by atoms with Crippen LogP contribution in [0, 0.1) is 5.82 Å². The highest BCUT2D eigenvalue weighted by atomic mass is 32.2. The van der Waals surface area contributed by atoms with Gasteiger partial charge in [0.15, 0.2) is 0 Å². The predicted molar refractivity (Wildman–Crippen MR) is 90.9 cm³/mol. The Morgan fingerprint density at radius 2 is 1.83 bits per heavy atom. The fraction of sp³-hybridized carbons (Fsp3) is 0.235. The summed E-state index contributed by atoms with van der Waals surface area (Å²) in [4.78, 5) is 12.1. The first-order valence-corrected chi connectivity index (χ1v) is 8.99. The highest BCUT2D eigenvalue weighted by Crippen LogP contribution is 2.16. The number of benzene rings is 2. The van der Waals surface area contributed by atoms with Crippen molar-refractivity contribution in [3.63, 3.8) is 0 Å². The Hall–Kier alpha value is -2.25. The number of carbonyl (C=O) groups excluding carboxylic acids is 1. The van der Waals surface area contributed by atoms with E-state index < -0.39 is 21.7 Å². The Morgan fingerprint density at radius 3 is 2.42 bits per heavy atom. The molecule has 0 heterocycles. The predicted octanol–water partition coefficient (Wildman–Crippen LogP) is 3.15. The van der Waals surface area contributed by atoms with Gasteiger partial charge in [0.25, 0.3) is 5.91 Å². The first kappa shape index (κ1) is 18.1. The van der Waals surface area contributed by atoms with Crippen molar-refractivity contribution in [1.82, 2.24) is 4.72 Å². The molecule has 0 aromatic heterocycles. The van der Waals surface area contributed by atoms with Crippen molar-refractivity contribution in [2.24, 2.45) is 0 Å². The lowest BCUT2D eigenvalue weighted by atomic mass is 10.2. The average Bonchev–Trinajstić information content (AvgIpc) is 2.54. The molecule has 2 aromatic carbocycles. The zero-order chi connectivity index (χ0) is 17.7. The maximum atomic E-state index is 13.1. The molecule has 5 nitrogen and oxygen atoms in total. The van der Waals surface area contributed by atoms with E-state index in [0.29, 0.717) is 12.1 Å². The fourth-order valence-electron chi connectivity index (χ4n) is 1.97. The van der Waals surface area contributed by atoms with Gasteiger partial charge in [-0.1, -0.05) is 13.0 Å². The van der Waals surface area contributed by atoms with Crippen molar-refractivity contribution in [3.8, 4) is 0 Å². The molecule has 0 fully saturated rings. The van der Waals surface area contributed by atoms with E-state index in [4.69, 9.17) is 0 Å². The quantitative estimate of drug-likeness (QED) is 0.840. The minimum Gasteiger partial charge on any atom is -0.322 e. The summed E-state index contributed by atoms with van der Waals surface area (Å²) in [5.41, 5.74) is 0.608. The molecule has 0 aliphatic carbocycles. The SMILES string of the molecule is CC[C@H](C)NS(=O)(=O)c1ccc(NC(=O)c2cccc(F)c2)cc1. The van der Waals surface area contributed by atoms with Crippen LogP contribution in [0.15, 0.2) is 53.4 Å². The number of carbonyl (C=O) groups is 1. The molecular formula is C17H19FN2O3S. The van der Waals surface area contributed by atoms with Gasteiger partial charge in [-0.05, 0) is 55.8 Å². The number of sulfonamides is 1. The Labute approximate surface area is 141 Å². The molecule has 7 heteroatoms. The standard InChI is InChI=1S/C17H19FN2O3S/c1-3-12(2)20-24(22,23)16-9-7-15(8-10-16)19-17(21)13-5-4-6-14(18)11-13/h4-12,20H,3H2,1-2H3,(H,19,21)/t12-/m0/s1. The highest BCUT2D eigenvalue weighted by Gasteiger charge is 2.16. The third-order valence-electron chi connectivity index (χ3n) is 3.48. The molecule has 0 saturated carbocycles. The van der Waals surface area contributed by atoms with Crippen molar-refractivity contribution in [2.75, 3.05) is 5.32 Å². The monoisotopic (exact) mass is 350 g/mol. The zero-order valence-corrected chi connectivity index (χ0v) is 14.2. The average molecular weight is 350 g/mol. The molecule has 0 unspecified atom stereocenters. The number of hydrogen-bond donors (Lipinski definition) is 2. The van der Waals surface area contributed by atoms with E-state index in [1.807, 2.05) is 6.92 Å². The second-order valence-corrected chi connectivity index (χ2v) is 7.13. The molecule has 0 spiro atoms. The Bertz CT molecular complexity index is 820. The molecular weight excluding hydrogens is 331 g/mol. The second kappa shape index (κ2) is 7.55. The summed E-state index contributed by atoms with van der Waals surface area (Å²) in [5, 5.41) is 2.60. The van der Waals surface area contributed by atoms with Crippen LogP contribution >= 0.6 is 0 Å². The van der Waals surface area contributed by atoms with Gasteiger partial charge in [-0.15, -0.1) is 0 Å². The van der Waals surface area contributed by atoms with E-state index in [0.717, 1.165) is 6.07 Å². The number of hydrogen-bond acceptors (Lipinski definition) is 3. The summed E-state index contributed by atoms with van der Waals surface area (Å²) in [6, 6.07) is 10.9. The van der Waals surface area contributed by atoms with Crippen molar-refractivity contribution in [3.05, 3.63) is 59.9 Å². The van der Waals surface area contributed by atoms with Gasteiger partial charge in [-0.25, -0.2) is 17.5 Å². The Kier molecular flexibility index (Phi) is 5.69. The van der Waals surface area contributed by atoms with Gasteiger partial charge in [-0.2, -0.15) is 0 Å². The van der Waals surface area contributed by atoms with Crippen LogP contribution in [0.2, 0.25) is 0 Å². The Morgan fingerprint density at radius 1 is 1.17 bits per heavy atom. The molecule has 24 heavy (non-hydrogen) atoms. The maximum Gasteiger partial charge on any atom is 0.255 e. The van der Waals surface area contributed by atoms with Crippen LogP contribution < -0.4 is 10.0 Å². The second-order valence-electron chi connectivity index (χ2n) is 5.42. The molecule has 0 saturated heterocycles. The molecule has 1 atom stereocenters. The van der Waals surface area contributed by atoms with Gasteiger partial charge < -0.3 is 5.32 Å². The molecule has 128 valence electrons. The Balaban J connectivity index is 2.11.